The average Bonchev–Trinajstić information content (AvgIpc) is 2.82. The van der Waals surface area contributed by atoms with Crippen LogP contribution < -0.4 is 4.74 Å². The molecule has 3 rings (SSSR count). The second-order valence-electron chi connectivity index (χ2n) is 4.42. The number of fused-ring (bicyclic) bond motifs is 1. The van der Waals surface area contributed by atoms with Gasteiger partial charge in [0.15, 0.2) is 0 Å². The van der Waals surface area contributed by atoms with Crippen LogP contribution in [0.25, 0.3) is 0 Å². The maximum absolute atomic E-state index is 10.5. The second-order valence-corrected chi connectivity index (χ2v) is 4.83. The maximum atomic E-state index is 10.5. The van der Waals surface area contributed by atoms with Gasteiger partial charge >= 0.3 is 0 Å². The minimum atomic E-state index is -0.637. The molecule has 0 fully saturated rings. The van der Waals surface area contributed by atoms with Crippen LogP contribution in [0.3, 0.4) is 0 Å². The van der Waals surface area contributed by atoms with Crippen LogP contribution in [0.15, 0.2) is 48.5 Å². The minimum Gasteiger partial charge on any atom is -0.493 e. The van der Waals surface area contributed by atoms with E-state index < -0.39 is 6.10 Å². The Kier molecular flexibility index (Phi) is 2.98. The highest BCUT2D eigenvalue weighted by atomic mass is 35.5. The van der Waals surface area contributed by atoms with Crippen molar-refractivity contribution in [2.45, 2.75) is 12.0 Å². The first kappa shape index (κ1) is 11.6. The van der Waals surface area contributed by atoms with Crippen LogP contribution in [0.2, 0.25) is 5.02 Å². The standard InChI is InChI=1S/C15H13ClO2/c16-13-7-3-1-6-11(13)15(17)12-9-18-14-8-4-2-5-10(12)14/h1-8,12,15,17H,9H2. The number of ether oxygens (including phenoxy) is 1. The number of rotatable bonds is 2. The predicted octanol–water partition coefficient (Wildman–Crippen LogP) is 3.55. The van der Waals surface area contributed by atoms with Crippen molar-refractivity contribution in [3.63, 3.8) is 0 Å². The van der Waals surface area contributed by atoms with Gasteiger partial charge in [0.05, 0.1) is 18.6 Å². The molecule has 3 heteroatoms. The summed E-state index contributed by atoms with van der Waals surface area (Å²) in [5.41, 5.74) is 1.80. The molecule has 0 bridgehead atoms. The highest BCUT2D eigenvalue weighted by Gasteiger charge is 2.31. The Balaban J connectivity index is 1.96. The Labute approximate surface area is 111 Å². The molecule has 1 aliphatic rings. The third-order valence-corrected chi connectivity index (χ3v) is 3.69. The molecule has 2 unspecified atom stereocenters. The molecule has 0 saturated heterocycles. The molecule has 1 aliphatic heterocycles. The third kappa shape index (κ3) is 1.88. The van der Waals surface area contributed by atoms with E-state index in [-0.39, 0.29) is 5.92 Å². The molecule has 1 heterocycles. The Morgan fingerprint density at radius 1 is 1.11 bits per heavy atom. The summed E-state index contributed by atoms with van der Waals surface area (Å²) in [4.78, 5) is 0. The van der Waals surface area contributed by atoms with Gasteiger partial charge in [0.25, 0.3) is 0 Å². The van der Waals surface area contributed by atoms with Gasteiger partial charge in [0.1, 0.15) is 5.75 Å². The number of aliphatic hydroxyl groups is 1. The Morgan fingerprint density at radius 2 is 1.83 bits per heavy atom. The van der Waals surface area contributed by atoms with E-state index in [9.17, 15) is 5.11 Å². The summed E-state index contributed by atoms with van der Waals surface area (Å²) in [5.74, 6) is 0.801. The topological polar surface area (TPSA) is 29.5 Å². The Bertz CT molecular complexity index is 568. The molecule has 2 aromatic rings. The lowest BCUT2D eigenvalue weighted by Crippen LogP contribution is -2.12. The molecule has 2 nitrogen and oxygen atoms in total. The van der Waals surface area contributed by atoms with Crippen molar-refractivity contribution in [1.82, 2.24) is 0 Å². The fourth-order valence-electron chi connectivity index (χ4n) is 2.38. The first-order valence-electron chi connectivity index (χ1n) is 5.91. The van der Waals surface area contributed by atoms with Crippen molar-refractivity contribution in [2.75, 3.05) is 6.61 Å². The Morgan fingerprint density at radius 3 is 2.67 bits per heavy atom. The van der Waals surface area contributed by atoms with Gasteiger partial charge < -0.3 is 9.84 Å². The smallest absolute Gasteiger partial charge is 0.123 e. The van der Waals surface area contributed by atoms with Crippen LogP contribution in [0, 0.1) is 0 Å². The highest BCUT2D eigenvalue weighted by Crippen LogP contribution is 2.42. The molecule has 2 atom stereocenters. The molecule has 0 saturated carbocycles. The van der Waals surface area contributed by atoms with Crippen molar-refractivity contribution >= 4 is 11.6 Å². The van der Waals surface area contributed by atoms with E-state index >= 15 is 0 Å². The van der Waals surface area contributed by atoms with Crippen LogP contribution in [-0.4, -0.2) is 11.7 Å². The van der Waals surface area contributed by atoms with Gasteiger partial charge in [-0.25, -0.2) is 0 Å². The summed E-state index contributed by atoms with van der Waals surface area (Å²) in [6, 6.07) is 15.2. The minimum absolute atomic E-state index is 0.0545. The maximum Gasteiger partial charge on any atom is 0.123 e. The van der Waals surface area contributed by atoms with Crippen LogP contribution in [0.1, 0.15) is 23.1 Å². The van der Waals surface area contributed by atoms with Crippen LogP contribution >= 0.6 is 11.6 Å². The van der Waals surface area contributed by atoms with Gasteiger partial charge in [-0.2, -0.15) is 0 Å². The van der Waals surface area contributed by atoms with Crippen molar-refractivity contribution < 1.29 is 9.84 Å². The summed E-state index contributed by atoms with van der Waals surface area (Å²) < 4.78 is 5.59. The van der Waals surface area contributed by atoms with Crippen LogP contribution in [0.5, 0.6) is 5.75 Å². The van der Waals surface area contributed by atoms with E-state index in [0.29, 0.717) is 11.6 Å². The number of halogens is 1. The normalized spacial score (nSPS) is 19.1. The van der Waals surface area contributed by atoms with Crippen LogP contribution in [0.4, 0.5) is 0 Å². The zero-order chi connectivity index (χ0) is 12.5. The number of aliphatic hydroxyl groups excluding tert-OH is 1. The molecule has 92 valence electrons. The lowest BCUT2D eigenvalue weighted by molar-refractivity contribution is 0.130. The number of hydrogen-bond acceptors (Lipinski definition) is 2. The number of benzene rings is 2. The van der Waals surface area contributed by atoms with Crippen molar-refractivity contribution in [3.05, 3.63) is 64.7 Å². The summed E-state index contributed by atoms with van der Waals surface area (Å²) >= 11 is 6.12. The number of hydrogen-bond donors (Lipinski definition) is 1. The van der Waals surface area contributed by atoms with E-state index in [2.05, 4.69) is 0 Å². The number of para-hydroxylation sites is 1. The zero-order valence-corrected chi connectivity index (χ0v) is 10.5. The molecule has 1 N–H and O–H groups in total. The fraction of sp³-hybridized carbons (Fsp3) is 0.200. The van der Waals surface area contributed by atoms with Crippen LogP contribution in [-0.2, 0) is 0 Å². The van der Waals surface area contributed by atoms with Crippen molar-refractivity contribution in [1.29, 1.82) is 0 Å². The van der Waals surface area contributed by atoms with E-state index in [1.807, 2.05) is 42.5 Å². The molecule has 0 aliphatic carbocycles. The molecule has 0 radical (unpaired) electrons. The van der Waals surface area contributed by atoms with E-state index in [4.69, 9.17) is 16.3 Å². The second kappa shape index (κ2) is 4.63. The predicted molar refractivity (Wildman–Crippen MR) is 71.1 cm³/mol. The van der Waals surface area contributed by atoms with Gasteiger partial charge in [-0.3, -0.25) is 0 Å². The molecular weight excluding hydrogens is 248 g/mol. The lowest BCUT2D eigenvalue weighted by atomic mass is 9.91. The van der Waals surface area contributed by atoms with Gasteiger partial charge in [-0.1, -0.05) is 48.0 Å². The van der Waals surface area contributed by atoms with E-state index in [0.717, 1.165) is 16.9 Å². The quantitative estimate of drug-likeness (QED) is 0.895. The van der Waals surface area contributed by atoms with Gasteiger partial charge in [-0.05, 0) is 17.7 Å². The monoisotopic (exact) mass is 260 g/mol. The van der Waals surface area contributed by atoms with Gasteiger partial charge in [0.2, 0.25) is 0 Å². The first-order valence-corrected chi connectivity index (χ1v) is 6.29. The fourth-order valence-corrected chi connectivity index (χ4v) is 2.63. The lowest BCUT2D eigenvalue weighted by Gasteiger charge is -2.18. The SMILES string of the molecule is OC(c1ccccc1Cl)C1COc2ccccc21. The van der Waals surface area contributed by atoms with E-state index in [1.54, 1.807) is 6.07 Å². The third-order valence-electron chi connectivity index (χ3n) is 3.34. The Hall–Kier alpha value is -1.51. The zero-order valence-electron chi connectivity index (χ0n) is 9.71. The van der Waals surface area contributed by atoms with Gasteiger partial charge in [0, 0.05) is 10.6 Å². The van der Waals surface area contributed by atoms with Gasteiger partial charge in [-0.15, -0.1) is 0 Å². The molecular formula is C15H13ClO2. The molecule has 0 aromatic heterocycles. The molecule has 0 spiro atoms. The highest BCUT2D eigenvalue weighted by molar-refractivity contribution is 6.31. The molecule has 2 aromatic carbocycles. The van der Waals surface area contributed by atoms with Crippen molar-refractivity contribution in [2.24, 2.45) is 0 Å². The molecule has 0 amide bonds. The summed E-state index contributed by atoms with van der Waals surface area (Å²) in [7, 11) is 0. The summed E-state index contributed by atoms with van der Waals surface area (Å²) in [5, 5.41) is 11.1. The van der Waals surface area contributed by atoms with Crippen molar-refractivity contribution in [3.8, 4) is 5.75 Å². The van der Waals surface area contributed by atoms with E-state index in [1.165, 1.54) is 0 Å². The average molecular weight is 261 g/mol. The first-order chi connectivity index (χ1) is 8.77. The largest absolute Gasteiger partial charge is 0.493 e. The summed E-state index contributed by atoms with van der Waals surface area (Å²) in [6.07, 6.45) is -0.637. The molecule has 18 heavy (non-hydrogen) atoms. The summed E-state index contributed by atoms with van der Waals surface area (Å²) in [6.45, 7) is 0.492.